The lowest BCUT2D eigenvalue weighted by Gasteiger charge is -2.25. The summed E-state index contributed by atoms with van der Waals surface area (Å²) < 4.78 is 0. The van der Waals surface area contributed by atoms with E-state index in [0.29, 0.717) is 22.6 Å². The fourth-order valence-electron chi connectivity index (χ4n) is 2.15. The van der Waals surface area contributed by atoms with E-state index in [2.05, 4.69) is 5.32 Å². The molecule has 0 fully saturated rings. The van der Waals surface area contributed by atoms with Crippen molar-refractivity contribution in [3.05, 3.63) is 21.4 Å². The van der Waals surface area contributed by atoms with Crippen molar-refractivity contribution in [1.82, 2.24) is 5.32 Å². The predicted octanol–water partition coefficient (Wildman–Crippen LogP) is 1.60. The highest BCUT2D eigenvalue weighted by atomic mass is 32.2. The molecule has 26 heavy (non-hydrogen) atoms. The van der Waals surface area contributed by atoms with Crippen molar-refractivity contribution >= 4 is 46.1 Å². The smallest absolute Gasteiger partial charge is 0.344 e. The Morgan fingerprint density at radius 2 is 1.96 bits per heavy atom. The molecule has 0 saturated carbocycles. The zero-order valence-corrected chi connectivity index (χ0v) is 16.2. The molecule has 0 radical (unpaired) electrons. The van der Waals surface area contributed by atoms with Crippen LogP contribution in [0.5, 0.6) is 0 Å². The average molecular weight is 402 g/mol. The Kier molecular flexibility index (Phi) is 8.25. The van der Waals surface area contributed by atoms with Crippen molar-refractivity contribution in [2.45, 2.75) is 45.2 Å². The lowest BCUT2D eigenvalue weighted by molar-refractivity contribution is -0.145. The fraction of sp³-hybridized carbons (Fsp3) is 0.500. The highest BCUT2D eigenvalue weighted by Crippen LogP contribution is 2.24. The van der Waals surface area contributed by atoms with Gasteiger partial charge in [-0.3, -0.25) is 20.1 Å². The molecule has 1 aromatic rings. The quantitative estimate of drug-likeness (QED) is 0.341. The summed E-state index contributed by atoms with van der Waals surface area (Å²) in [5.74, 6) is -2.66. The summed E-state index contributed by atoms with van der Waals surface area (Å²) in [4.78, 5) is 46.6. The maximum Gasteiger partial charge on any atom is 0.344 e. The number of carbonyl (C=O) groups excluding carboxylic acids is 2. The molecule has 1 heterocycles. The first kappa shape index (κ1) is 22.1. The van der Waals surface area contributed by atoms with Crippen LogP contribution in [-0.2, 0) is 20.8 Å². The molecule has 0 saturated heterocycles. The highest BCUT2D eigenvalue weighted by molar-refractivity contribution is 8.13. The molecular weight excluding hydrogens is 380 g/mol. The van der Waals surface area contributed by atoms with Crippen molar-refractivity contribution in [3.8, 4) is 0 Å². The fourth-order valence-corrected chi connectivity index (χ4v) is 3.83. The Balaban J connectivity index is 2.77. The van der Waals surface area contributed by atoms with Crippen molar-refractivity contribution in [3.63, 3.8) is 0 Å². The zero-order valence-electron chi connectivity index (χ0n) is 14.5. The Labute approximate surface area is 159 Å². The molecule has 1 atom stereocenters. The standard InChI is InChI=1S/C16H22N2O6S2/c1-9-8-11(4-3-7-25-10(2)19)26-13(9)14(22)18-16(17,15(23)24)6-5-12(20)21/h8H,3-7,17H2,1-2H3,(H,18,22)(H,20,21)(H,23,24). The number of hydrogen-bond acceptors (Lipinski definition) is 7. The number of nitrogens with one attached hydrogen (secondary N) is 1. The van der Waals surface area contributed by atoms with Crippen LogP contribution < -0.4 is 11.1 Å². The number of hydrogen-bond donors (Lipinski definition) is 4. The van der Waals surface area contributed by atoms with E-state index in [-0.39, 0.29) is 5.12 Å². The minimum atomic E-state index is -2.15. The van der Waals surface area contributed by atoms with E-state index in [4.69, 9.17) is 10.8 Å². The first-order valence-corrected chi connectivity index (χ1v) is 9.64. The second kappa shape index (κ2) is 9.70. The second-order valence-corrected chi connectivity index (χ2v) is 8.20. The molecule has 1 amide bonds. The summed E-state index contributed by atoms with van der Waals surface area (Å²) in [5.41, 5.74) is 4.22. The number of rotatable bonds is 10. The molecule has 0 aliphatic heterocycles. The summed E-state index contributed by atoms with van der Waals surface area (Å²) >= 11 is 2.48. The van der Waals surface area contributed by atoms with Gasteiger partial charge >= 0.3 is 11.9 Å². The molecule has 1 rings (SSSR count). The van der Waals surface area contributed by atoms with Gasteiger partial charge in [0.1, 0.15) is 0 Å². The van der Waals surface area contributed by atoms with Gasteiger partial charge in [0.25, 0.3) is 5.91 Å². The first-order chi connectivity index (χ1) is 12.0. The van der Waals surface area contributed by atoms with Gasteiger partial charge in [-0.1, -0.05) is 11.8 Å². The topological polar surface area (TPSA) is 147 Å². The number of nitrogens with two attached hydrogens (primary N) is 1. The number of amides is 1. The van der Waals surface area contributed by atoms with E-state index in [1.54, 1.807) is 6.92 Å². The molecule has 10 heteroatoms. The Morgan fingerprint density at radius 1 is 1.31 bits per heavy atom. The third kappa shape index (κ3) is 6.77. The van der Waals surface area contributed by atoms with Crippen LogP contribution in [0.3, 0.4) is 0 Å². The lowest BCUT2D eigenvalue weighted by Crippen LogP contribution is -2.61. The van der Waals surface area contributed by atoms with E-state index < -0.39 is 36.4 Å². The molecule has 0 aliphatic carbocycles. The number of thiophene rings is 1. The first-order valence-electron chi connectivity index (χ1n) is 7.84. The summed E-state index contributed by atoms with van der Waals surface area (Å²) in [6.07, 6.45) is 0.569. The number of carbonyl (C=O) groups is 4. The second-order valence-electron chi connectivity index (χ2n) is 5.79. The predicted molar refractivity (Wildman–Crippen MR) is 99.4 cm³/mol. The number of carboxylic acid groups (broad SMARTS) is 2. The van der Waals surface area contributed by atoms with Gasteiger partial charge in [0, 0.05) is 30.4 Å². The van der Waals surface area contributed by atoms with Crippen LogP contribution in [0.4, 0.5) is 0 Å². The van der Waals surface area contributed by atoms with Crippen LogP contribution in [0.25, 0.3) is 0 Å². The third-order valence-corrected chi connectivity index (χ3v) is 5.69. The minimum Gasteiger partial charge on any atom is -0.481 e. The lowest BCUT2D eigenvalue weighted by atomic mass is 10.0. The van der Waals surface area contributed by atoms with E-state index >= 15 is 0 Å². The molecule has 0 aromatic carbocycles. The van der Waals surface area contributed by atoms with E-state index in [0.717, 1.165) is 11.3 Å². The number of aryl methyl sites for hydroxylation is 2. The van der Waals surface area contributed by atoms with Gasteiger partial charge in [-0.2, -0.15) is 0 Å². The van der Waals surface area contributed by atoms with Gasteiger partial charge in [-0.15, -0.1) is 11.3 Å². The van der Waals surface area contributed by atoms with Gasteiger partial charge in [0.15, 0.2) is 10.8 Å². The highest BCUT2D eigenvalue weighted by Gasteiger charge is 2.37. The van der Waals surface area contributed by atoms with Crippen LogP contribution in [0.2, 0.25) is 0 Å². The molecule has 0 aliphatic rings. The zero-order chi connectivity index (χ0) is 19.9. The SMILES string of the molecule is CC(=O)SCCCc1cc(C)c(C(=O)NC(N)(CCC(=O)O)C(=O)O)s1. The number of aliphatic carboxylic acids is 2. The molecule has 144 valence electrons. The van der Waals surface area contributed by atoms with Gasteiger partial charge in [-0.25, -0.2) is 4.79 Å². The molecule has 0 bridgehead atoms. The van der Waals surface area contributed by atoms with Crippen molar-refractivity contribution in [1.29, 1.82) is 0 Å². The minimum absolute atomic E-state index is 0.0572. The third-order valence-electron chi connectivity index (χ3n) is 3.50. The number of thioether (sulfide) groups is 1. The van der Waals surface area contributed by atoms with Gasteiger partial charge in [0.05, 0.1) is 4.88 Å². The Morgan fingerprint density at radius 3 is 2.50 bits per heavy atom. The Hall–Kier alpha value is -1.91. The molecule has 1 unspecified atom stereocenters. The largest absolute Gasteiger partial charge is 0.481 e. The van der Waals surface area contributed by atoms with Crippen molar-refractivity contribution < 1.29 is 29.4 Å². The van der Waals surface area contributed by atoms with Crippen LogP contribution in [0.1, 0.15) is 46.3 Å². The van der Waals surface area contributed by atoms with Crippen LogP contribution in [0.15, 0.2) is 6.07 Å². The molecule has 5 N–H and O–H groups in total. The molecular formula is C16H22N2O6S2. The van der Waals surface area contributed by atoms with Crippen molar-refractivity contribution in [2.24, 2.45) is 5.73 Å². The average Bonchev–Trinajstić information content (AvgIpc) is 2.90. The molecule has 8 nitrogen and oxygen atoms in total. The monoisotopic (exact) mass is 402 g/mol. The number of carboxylic acids is 2. The van der Waals surface area contributed by atoms with Gasteiger partial charge < -0.3 is 15.5 Å². The van der Waals surface area contributed by atoms with Gasteiger partial charge in [-0.05, 0) is 31.4 Å². The van der Waals surface area contributed by atoms with Gasteiger partial charge in [0.2, 0.25) is 0 Å². The summed E-state index contributed by atoms with van der Waals surface area (Å²) in [5, 5.41) is 20.3. The van der Waals surface area contributed by atoms with E-state index in [1.165, 1.54) is 30.0 Å². The van der Waals surface area contributed by atoms with E-state index in [1.807, 2.05) is 6.07 Å². The van der Waals surface area contributed by atoms with E-state index in [9.17, 15) is 24.3 Å². The summed E-state index contributed by atoms with van der Waals surface area (Å²) in [6.45, 7) is 3.24. The maximum absolute atomic E-state index is 12.4. The normalized spacial score (nSPS) is 13.0. The molecule has 1 aromatic heterocycles. The summed E-state index contributed by atoms with van der Waals surface area (Å²) in [7, 11) is 0. The van der Waals surface area contributed by atoms with Crippen LogP contribution >= 0.6 is 23.1 Å². The van der Waals surface area contributed by atoms with Crippen molar-refractivity contribution in [2.75, 3.05) is 5.75 Å². The Bertz CT molecular complexity index is 703. The van der Waals surface area contributed by atoms with Crippen LogP contribution in [-0.4, -0.2) is 44.6 Å². The van der Waals surface area contributed by atoms with Crippen LogP contribution in [0, 0.1) is 6.92 Å². The molecule has 0 spiro atoms. The maximum atomic E-state index is 12.4. The summed E-state index contributed by atoms with van der Waals surface area (Å²) in [6, 6.07) is 1.84.